The fourth-order valence-electron chi connectivity index (χ4n) is 3.91. The number of nitrogens with one attached hydrogen (secondary N) is 1. The zero-order chi connectivity index (χ0) is 17.2. The van der Waals surface area contributed by atoms with Gasteiger partial charge in [-0.15, -0.1) is 0 Å². The molecule has 25 heavy (non-hydrogen) atoms. The quantitative estimate of drug-likeness (QED) is 0.762. The number of likely N-dealkylation sites (tertiary alicyclic amines) is 1. The zero-order valence-electron chi connectivity index (χ0n) is 14.7. The number of nitrogens with zero attached hydrogens (tertiary/aromatic N) is 1. The number of amides is 1. The van der Waals surface area contributed by atoms with Gasteiger partial charge in [-0.25, -0.2) is 0 Å². The van der Waals surface area contributed by atoms with Gasteiger partial charge in [0.2, 0.25) is 5.91 Å². The molecule has 3 nitrogen and oxygen atoms in total. The van der Waals surface area contributed by atoms with E-state index < -0.39 is 0 Å². The average molecular weight is 332 g/mol. The molecule has 3 heteroatoms. The van der Waals surface area contributed by atoms with Crippen LogP contribution >= 0.6 is 0 Å². The number of fused-ring (bicyclic) bond motifs is 1. The Kier molecular flexibility index (Phi) is 4.31. The minimum absolute atomic E-state index is 0.249. The standard InChI is InChI=1S/C22H24N2O/c1-16-8-10-17(11-9-16)13-19-5-4-12-24(19)22(25)14-18-15-23-21-7-3-2-6-20(18)21/h2-3,6-11,15,19,23H,4-5,12-14H2,1H3. The molecule has 0 radical (unpaired) electrons. The first-order chi connectivity index (χ1) is 12.2. The number of H-pyrrole nitrogens is 1. The molecule has 3 aromatic rings. The Morgan fingerprint density at radius 2 is 1.96 bits per heavy atom. The van der Waals surface area contributed by atoms with Gasteiger partial charge >= 0.3 is 0 Å². The van der Waals surface area contributed by atoms with E-state index in [-0.39, 0.29) is 5.91 Å². The Hall–Kier alpha value is -2.55. The number of aromatic nitrogens is 1. The Morgan fingerprint density at radius 3 is 2.80 bits per heavy atom. The number of benzene rings is 2. The van der Waals surface area contributed by atoms with E-state index in [1.54, 1.807) is 0 Å². The van der Waals surface area contributed by atoms with E-state index in [9.17, 15) is 4.79 Å². The molecule has 1 aliphatic heterocycles. The first-order valence-electron chi connectivity index (χ1n) is 9.11. The molecule has 1 N–H and O–H groups in total. The number of rotatable bonds is 4. The van der Waals surface area contributed by atoms with Crippen LogP contribution in [0.5, 0.6) is 0 Å². The van der Waals surface area contributed by atoms with Crippen molar-refractivity contribution < 1.29 is 4.79 Å². The molecule has 1 fully saturated rings. The van der Waals surface area contributed by atoms with Gasteiger partial charge in [0, 0.05) is 29.7 Å². The van der Waals surface area contributed by atoms with E-state index in [1.165, 1.54) is 11.1 Å². The summed E-state index contributed by atoms with van der Waals surface area (Å²) in [6, 6.07) is 17.2. The second kappa shape index (κ2) is 6.75. The smallest absolute Gasteiger partial charge is 0.227 e. The molecule has 2 aromatic carbocycles. The van der Waals surface area contributed by atoms with Crippen molar-refractivity contribution in [1.82, 2.24) is 9.88 Å². The molecule has 4 rings (SSSR count). The fourth-order valence-corrected chi connectivity index (χ4v) is 3.91. The van der Waals surface area contributed by atoms with Gasteiger partial charge in [0.15, 0.2) is 0 Å². The SMILES string of the molecule is Cc1ccc(CC2CCCN2C(=O)Cc2c[nH]c3ccccc23)cc1. The van der Waals surface area contributed by atoms with Crippen molar-refractivity contribution in [3.63, 3.8) is 0 Å². The van der Waals surface area contributed by atoms with Crippen LogP contribution in [0.4, 0.5) is 0 Å². The summed E-state index contributed by atoms with van der Waals surface area (Å²) in [6.07, 6.45) is 5.63. The predicted molar refractivity (Wildman–Crippen MR) is 102 cm³/mol. The van der Waals surface area contributed by atoms with Crippen LogP contribution in [-0.2, 0) is 17.6 Å². The van der Waals surface area contributed by atoms with E-state index in [0.717, 1.165) is 42.3 Å². The first-order valence-corrected chi connectivity index (χ1v) is 9.11. The lowest BCUT2D eigenvalue weighted by atomic mass is 10.0. The minimum atomic E-state index is 0.249. The molecule has 0 spiro atoms. The minimum Gasteiger partial charge on any atom is -0.361 e. The van der Waals surface area contributed by atoms with Gasteiger partial charge in [-0.1, -0.05) is 48.0 Å². The van der Waals surface area contributed by atoms with E-state index >= 15 is 0 Å². The third-order valence-corrected chi connectivity index (χ3v) is 5.31. The molecule has 1 atom stereocenters. The van der Waals surface area contributed by atoms with Crippen molar-refractivity contribution in [3.8, 4) is 0 Å². The summed E-state index contributed by atoms with van der Waals surface area (Å²) < 4.78 is 0. The third kappa shape index (κ3) is 3.32. The molecular weight excluding hydrogens is 308 g/mol. The van der Waals surface area contributed by atoms with Crippen molar-refractivity contribution >= 4 is 16.8 Å². The van der Waals surface area contributed by atoms with Crippen LogP contribution in [0.1, 0.15) is 29.5 Å². The highest BCUT2D eigenvalue weighted by atomic mass is 16.2. The number of hydrogen-bond acceptors (Lipinski definition) is 1. The molecule has 0 aliphatic carbocycles. The Labute approximate surface area is 148 Å². The van der Waals surface area contributed by atoms with Crippen molar-refractivity contribution in [1.29, 1.82) is 0 Å². The normalized spacial score (nSPS) is 17.3. The average Bonchev–Trinajstić information content (AvgIpc) is 3.24. The van der Waals surface area contributed by atoms with Gasteiger partial charge in [0.25, 0.3) is 0 Å². The van der Waals surface area contributed by atoms with E-state index in [0.29, 0.717) is 12.5 Å². The van der Waals surface area contributed by atoms with Crippen molar-refractivity contribution in [2.75, 3.05) is 6.54 Å². The summed E-state index contributed by atoms with van der Waals surface area (Å²) in [6.45, 7) is 2.99. The van der Waals surface area contributed by atoms with Crippen LogP contribution in [0.3, 0.4) is 0 Å². The molecule has 1 amide bonds. The van der Waals surface area contributed by atoms with E-state index in [1.807, 2.05) is 18.3 Å². The number of hydrogen-bond donors (Lipinski definition) is 1. The summed E-state index contributed by atoms with van der Waals surface area (Å²) in [5, 5.41) is 1.16. The number of carbonyl (C=O) groups is 1. The molecule has 1 unspecified atom stereocenters. The van der Waals surface area contributed by atoms with Crippen LogP contribution in [0, 0.1) is 6.92 Å². The number of aryl methyl sites for hydroxylation is 1. The lowest BCUT2D eigenvalue weighted by Crippen LogP contribution is -2.37. The maximum Gasteiger partial charge on any atom is 0.227 e. The fraction of sp³-hybridized carbons (Fsp3) is 0.318. The number of para-hydroxylation sites is 1. The van der Waals surface area contributed by atoms with E-state index in [2.05, 4.69) is 53.2 Å². The maximum absolute atomic E-state index is 12.9. The highest BCUT2D eigenvalue weighted by Gasteiger charge is 2.29. The predicted octanol–water partition coefficient (Wildman–Crippen LogP) is 4.25. The monoisotopic (exact) mass is 332 g/mol. The first kappa shape index (κ1) is 15.9. The Morgan fingerprint density at radius 1 is 1.16 bits per heavy atom. The molecule has 0 bridgehead atoms. The van der Waals surface area contributed by atoms with Crippen molar-refractivity contribution in [3.05, 3.63) is 71.4 Å². The Bertz CT molecular complexity index is 878. The van der Waals surface area contributed by atoms with Crippen molar-refractivity contribution in [2.45, 2.75) is 38.6 Å². The van der Waals surface area contributed by atoms with Crippen LogP contribution in [0.15, 0.2) is 54.7 Å². The molecule has 128 valence electrons. The highest BCUT2D eigenvalue weighted by Crippen LogP contribution is 2.24. The lowest BCUT2D eigenvalue weighted by Gasteiger charge is -2.25. The van der Waals surface area contributed by atoms with Gasteiger partial charge in [0.1, 0.15) is 0 Å². The Balaban J connectivity index is 1.48. The van der Waals surface area contributed by atoms with Gasteiger partial charge < -0.3 is 9.88 Å². The summed E-state index contributed by atoms with van der Waals surface area (Å²) >= 11 is 0. The summed E-state index contributed by atoms with van der Waals surface area (Å²) in [4.78, 5) is 18.3. The summed E-state index contributed by atoms with van der Waals surface area (Å²) in [5.74, 6) is 0.249. The van der Waals surface area contributed by atoms with Crippen molar-refractivity contribution in [2.24, 2.45) is 0 Å². The number of aromatic amines is 1. The topological polar surface area (TPSA) is 36.1 Å². The van der Waals surface area contributed by atoms with Crippen LogP contribution in [0.2, 0.25) is 0 Å². The molecule has 1 aliphatic rings. The van der Waals surface area contributed by atoms with E-state index in [4.69, 9.17) is 0 Å². The van der Waals surface area contributed by atoms with Crippen LogP contribution < -0.4 is 0 Å². The molecule has 1 saturated heterocycles. The summed E-state index contributed by atoms with van der Waals surface area (Å²) in [7, 11) is 0. The van der Waals surface area contributed by atoms with Crippen LogP contribution in [0.25, 0.3) is 10.9 Å². The summed E-state index contributed by atoms with van der Waals surface area (Å²) in [5.41, 5.74) is 4.80. The largest absolute Gasteiger partial charge is 0.361 e. The van der Waals surface area contributed by atoms with Crippen LogP contribution in [-0.4, -0.2) is 28.4 Å². The van der Waals surface area contributed by atoms with Gasteiger partial charge in [-0.3, -0.25) is 4.79 Å². The molecule has 2 heterocycles. The number of carbonyl (C=O) groups excluding carboxylic acids is 1. The second-order valence-electron chi connectivity index (χ2n) is 7.11. The second-order valence-corrected chi connectivity index (χ2v) is 7.11. The van der Waals surface area contributed by atoms with Gasteiger partial charge in [0.05, 0.1) is 6.42 Å². The third-order valence-electron chi connectivity index (χ3n) is 5.31. The van der Waals surface area contributed by atoms with Gasteiger partial charge in [-0.05, 0) is 43.4 Å². The highest BCUT2D eigenvalue weighted by molar-refractivity contribution is 5.89. The lowest BCUT2D eigenvalue weighted by molar-refractivity contribution is -0.131. The molecule has 1 aromatic heterocycles. The molecule has 0 saturated carbocycles. The zero-order valence-corrected chi connectivity index (χ0v) is 14.7. The molecular formula is C22H24N2O. The van der Waals surface area contributed by atoms with Gasteiger partial charge in [-0.2, -0.15) is 0 Å². The maximum atomic E-state index is 12.9.